The van der Waals surface area contributed by atoms with Crippen molar-refractivity contribution in [3.8, 4) is 5.75 Å². The van der Waals surface area contributed by atoms with Gasteiger partial charge in [-0.05, 0) is 25.5 Å². The van der Waals surface area contributed by atoms with E-state index in [1.807, 2.05) is 31.2 Å². The van der Waals surface area contributed by atoms with Crippen LogP contribution >= 0.6 is 0 Å². The molecule has 0 saturated carbocycles. The van der Waals surface area contributed by atoms with E-state index < -0.39 is 9.84 Å². The van der Waals surface area contributed by atoms with Crippen molar-refractivity contribution < 1.29 is 13.2 Å². The van der Waals surface area contributed by atoms with Crippen LogP contribution in [-0.2, 0) is 9.84 Å². The minimum absolute atomic E-state index is 0.0523. The number of ether oxygens (including phenoxy) is 1. The fourth-order valence-corrected chi connectivity index (χ4v) is 2.95. The van der Waals surface area contributed by atoms with Crippen LogP contribution in [0.15, 0.2) is 30.5 Å². The number of nitrogens with zero attached hydrogens (tertiary/aromatic N) is 1. The molecule has 0 amide bonds. The van der Waals surface area contributed by atoms with Gasteiger partial charge in [0.15, 0.2) is 0 Å². The second kappa shape index (κ2) is 6.30. The highest BCUT2D eigenvalue weighted by Gasteiger charge is 2.11. The maximum absolute atomic E-state index is 11.2. The Morgan fingerprint density at radius 2 is 2.10 bits per heavy atom. The molecule has 0 saturated heterocycles. The number of hydrogen-bond donors (Lipinski definition) is 1. The summed E-state index contributed by atoms with van der Waals surface area (Å²) in [6.45, 7) is 1.97. The second-order valence-electron chi connectivity index (χ2n) is 5.18. The number of methoxy groups -OCH3 is 1. The van der Waals surface area contributed by atoms with Crippen molar-refractivity contribution in [2.45, 2.75) is 19.4 Å². The summed E-state index contributed by atoms with van der Waals surface area (Å²) in [5.74, 6) is 0.896. The predicted octanol–water partition coefficient (Wildman–Crippen LogP) is 2.48. The number of benzene rings is 1. The van der Waals surface area contributed by atoms with E-state index in [0.29, 0.717) is 6.42 Å². The Morgan fingerprint density at radius 3 is 2.76 bits per heavy atom. The van der Waals surface area contributed by atoms with Gasteiger partial charge < -0.3 is 10.1 Å². The molecular weight excluding hydrogens is 288 g/mol. The molecular formula is C15H20N2O3S. The van der Waals surface area contributed by atoms with Crippen molar-refractivity contribution in [1.29, 1.82) is 0 Å². The molecule has 0 spiro atoms. The average molecular weight is 308 g/mol. The molecule has 1 aromatic heterocycles. The Bertz CT molecular complexity index is 729. The minimum Gasteiger partial charge on any atom is -0.494 e. The van der Waals surface area contributed by atoms with E-state index >= 15 is 0 Å². The highest BCUT2D eigenvalue weighted by molar-refractivity contribution is 7.90. The lowest BCUT2D eigenvalue weighted by Gasteiger charge is -2.16. The lowest BCUT2D eigenvalue weighted by molar-refractivity contribution is 0.419. The average Bonchev–Trinajstić information content (AvgIpc) is 2.44. The third-order valence-corrected chi connectivity index (χ3v) is 4.25. The number of nitrogens with one attached hydrogen (secondary N) is 1. The van der Waals surface area contributed by atoms with Crippen LogP contribution < -0.4 is 10.1 Å². The molecule has 6 heteroatoms. The van der Waals surface area contributed by atoms with E-state index in [0.717, 1.165) is 22.3 Å². The minimum atomic E-state index is -2.94. The monoisotopic (exact) mass is 308 g/mol. The first-order chi connectivity index (χ1) is 9.90. The van der Waals surface area contributed by atoms with Crippen LogP contribution in [0.2, 0.25) is 0 Å². The molecule has 5 nitrogen and oxygen atoms in total. The molecule has 1 N–H and O–H groups in total. The lowest BCUT2D eigenvalue weighted by atomic mass is 10.1. The summed E-state index contributed by atoms with van der Waals surface area (Å²) in [6.07, 6.45) is 3.54. The molecule has 0 bridgehead atoms. The first-order valence-electron chi connectivity index (χ1n) is 6.76. The Labute approximate surface area is 125 Å². The van der Waals surface area contributed by atoms with Crippen LogP contribution in [0.5, 0.6) is 5.75 Å². The molecule has 1 aromatic carbocycles. The van der Waals surface area contributed by atoms with E-state index in [1.165, 1.54) is 6.26 Å². The van der Waals surface area contributed by atoms with Crippen molar-refractivity contribution >= 4 is 26.4 Å². The third-order valence-electron chi connectivity index (χ3n) is 3.28. The highest BCUT2D eigenvalue weighted by atomic mass is 32.2. The quantitative estimate of drug-likeness (QED) is 0.888. The molecule has 0 aliphatic heterocycles. The zero-order valence-electron chi connectivity index (χ0n) is 12.5. The van der Waals surface area contributed by atoms with Gasteiger partial charge in [-0.25, -0.2) is 8.42 Å². The number of sulfone groups is 1. The van der Waals surface area contributed by atoms with Crippen LogP contribution in [-0.4, -0.2) is 38.6 Å². The molecule has 1 heterocycles. The van der Waals surface area contributed by atoms with Gasteiger partial charge in [-0.2, -0.15) is 0 Å². The summed E-state index contributed by atoms with van der Waals surface area (Å²) in [5.41, 5.74) is 1.72. The van der Waals surface area contributed by atoms with Crippen molar-refractivity contribution in [2.75, 3.05) is 24.4 Å². The van der Waals surface area contributed by atoms with Gasteiger partial charge in [0.05, 0.1) is 12.9 Å². The van der Waals surface area contributed by atoms with Crippen molar-refractivity contribution in [1.82, 2.24) is 4.98 Å². The number of hydrogen-bond acceptors (Lipinski definition) is 5. The summed E-state index contributed by atoms with van der Waals surface area (Å²) in [5, 5.41) is 4.31. The molecule has 0 aliphatic rings. The standard InChI is InChI=1S/C15H20N2O3S/c1-11(8-10-21(3,18)19)17-13-7-9-16-15-12(13)5-4-6-14(15)20-2/h4-7,9,11H,8,10H2,1-3H3,(H,16,17)/t11-/m0/s1. The van der Waals surface area contributed by atoms with Crippen molar-refractivity contribution in [2.24, 2.45) is 0 Å². The van der Waals surface area contributed by atoms with Gasteiger partial charge in [-0.15, -0.1) is 0 Å². The Kier molecular flexibility index (Phi) is 4.67. The Morgan fingerprint density at radius 1 is 1.33 bits per heavy atom. The smallest absolute Gasteiger partial charge is 0.147 e. The summed E-state index contributed by atoms with van der Waals surface area (Å²) in [6, 6.07) is 7.69. The molecule has 21 heavy (non-hydrogen) atoms. The summed E-state index contributed by atoms with van der Waals surface area (Å²) >= 11 is 0. The molecule has 0 radical (unpaired) electrons. The molecule has 0 aliphatic carbocycles. The maximum Gasteiger partial charge on any atom is 0.147 e. The molecule has 2 rings (SSSR count). The molecule has 0 unspecified atom stereocenters. The summed E-state index contributed by atoms with van der Waals surface area (Å²) in [4.78, 5) is 4.34. The predicted molar refractivity (Wildman–Crippen MR) is 85.7 cm³/mol. The fourth-order valence-electron chi connectivity index (χ4n) is 2.17. The van der Waals surface area contributed by atoms with E-state index in [1.54, 1.807) is 13.3 Å². The summed E-state index contributed by atoms with van der Waals surface area (Å²) < 4.78 is 27.8. The van der Waals surface area contributed by atoms with E-state index in [9.17, 15) is 8.42 Å². The van der Waals surface area contributed by atoms with Crippen LogP contribution in [0, 0.1) is 0 Å². The van der Waals surface area contributed by atoms with Gasteiger partial charge in [0, 0.05) is 29.6 Å². The van der Waals surface area contributed by atoms with E-state index in [2.05, 4.69) is 10.3 Å². The van der Waals surface area contributed by atoms with Gasteiger partial charge >= 0.3 is 0 Å². The first-order valence-corrected chi connectivity index (χ1v) is 8.83. The number of pyridine rings is 1. The number of fused-ring (bicyclic) bond motifs is 1. The second-order valence-corrected chi connectivity index (χ2v) is 7.44. The zero-order valence-corrected chi connectivity index (χ0v) is 13.3. The normalized spacial score (nSPS) is 13.1. The Balaban J connectivity index is 2.23. The highest BCUT2D eigenvalue weighted by Crippen LogP contribution is 2.29. The number of anilines is 1. The molecule has 0 fully saturated rings. The van der Waals surface area contributed by atoms with Crippen LogP contribution in [0.3, 0.4) is 0 Å². The first kappa shape index (κ1) is 15.6. The van der Waals surface area contributed by atoms with Crippen LogP contribution in [0.25, 0.3) is 10.9 Å². The lowest BCUT2D eigenvalue weighted by Crippen LogP contribution is -2.19. The third kappa shape index (κ3) is 4.07. The number of para-hydroxylation sites is 1. The van der Waals surface area contributed by atoms with Crippen LogP contribution in [0.4, 0.5) is 5.69 Å². The van der Waals surface area contributed by atoms with Crippen LogP contribution in [0.1, 0.15) is 13.3 Å². The van der Waals surface area contributed by atoms with Gasteiger partial charge in [-0.1, -0.05) is 12.1 Å². The van der Waals surface area contributed by atoms with Gasteiger partial charge in [0.2, 0.25) is 0 Å². The van der Waals surface area contributed by atoms with Crippen molar-refractivity contribution in [3.05, 3.63) is 30.5 Å². The maximum atomic E-state index is 11.2. The molecule has 114 valence electrons. The van der Waals surface area contributed by atoms with Gasteiger partial charge in [-0.3, -0.25) is 4.98 Å². The van der Waals surface area contributed by atoms with Crippen molar-refractivity contribution in [3.63, 3.8) is 0 Å². The molecule has 1 atom stereocenters. The van der Waals surface area contributed by atoms with E-state index in [4.69, 9.17) is 4.74 Å². The molecule has 2 aromatic rings. The Hall–Kier alpha value is -1.82. The van der Waals surface area contributed by atoms with Gasteiger partial charge in [0.1, 0.15) is 21.1 Å². The summed E-state index contributed by atoms with van der Waals surface area (Å²) in [7, 11) is -1.32. The zero-order chi connectivity index (χ0) is 15.5. The number of rotatable bonds is 6. The number of aromatic nitrogens is 1. The van der Waals surface area contributed by atoms with E-state index in [-0.39, 0.29) is 11.8 Å². The SMILES string of the molecule is COc1cccc2c(N[C@@H](C)CCS(C)(=O)=O)ccnc12. The van der Waals surface area contributed by atoms with Gasteiger partial charge in [0.25, 0.3) is 0 Å². The topological polar surface area (TPSA) is 68.3 Å². The largest absolute Gasteiger partial charge is 0.494 e. The fraction of sp³-hybridized carbons (Fsp3) is 0.400.